The molecule has 0 fully saturated rings. The average molecular weight is 719 g/mol. The number of ether oxygens (including phenoxy) is 3. The van der Waals surface area contributed by atoms with Crippen molar-refractivity contribution in [3.63, 3.8) is 0 Å². The van der Waals surface area contributed by atoms with E-state index >= 15 is 0 Å². The lowest BCUT2D eigenvalue weighted by Crippen LogP contribution is -2.47. The van der Waals surface area contributed by atoms with Crippen molar-refractivity contribution in [1.82, 2.24) is 34.6 Å². The van der Waals surface area contributed by atoms with Crippen molar-refractivity contribution in [3.8, 4) is 0 Å². The first-order valence-electron chi connectivity index (χ1n) is 16.5. The fourth-order valence-corrected chi connectivity index (χ4v) is 5.15. The molecule has 0 saturated heterocycles. The summed E-state index contributed by atoms with van der Waals surface area (Å²) in [4.78, 5) is 54.3. The summed E-state index contributed by atoms with van der Waals surface area (Å²) >= 11 is 6.06. The van der Waals surface area contributed by atoms with Crippen LogP contribution in [0.1, 0.15) is 59.9 Å². The molecule has 3 rings (SSSR count). The van der Waals surface area contributed by atoms with Crippen molar-refractivity contribution in [2.75, 3.05) is 45.6 Å². The Bertz CT molecular complexity index is 1560. The van der Waals surface area contributed by atoms with E-state index in [0.29, 0.717) is 67.6 Å². The van der Waals surface area contributed by atoms with Gasteiger partial charge in [0.1, 0.15) is 29.1 Å². The Morgan fingerprint density at radius 3 is 2.26 bits per heavy atom. The number of nitrogen functional groups attached to an aromatic ring is 1. The molecule has 0 radical (unpaired) electrons. The van der Waals surface area contributed by atoms with Gasteiger partial charge in [-0.1, -0.05) is 23.7 Å². The summed E-state index contributed by atoms with van der Waals surface area (Å²) in [6.45, 7) is 12.8. The minimum Gasteiger partial charge on any atom is -0.480 e. The van der Waals surface area contributed by atoms with Gasteiger partial charge < -0.3 is 39.8 Å². The van der Waals surface area contributed by atoms with Crippen LogP contribution in [0.15, 0.2) is 36.9 Å². The third-order valence-corrected chi connectivity index (χ3v) is 7.81. The van der Waals surface area contributed by atoms with Crippen molar-refractivity contribution >= 4 is 46.7 Å². The summed E-state index contributed by atoms with van der Waals surface area (Å²) in [6.07, 6.45) is 2.68. The number of benzene rings is 1. The van der Waals surface area contributed by atoms with Crippen LogP contribution in [0.3, 0.4) is 0 Å². The Balaban J connectivity index is 1.78. The summed E-state index contributed by atoms with van der Waals surface area (Å²) < 4.78 is 18.8. The van der Waals surface area contributed by atoms with Gasteiger partial charge in [-0.3, -0.25) is 4.90 Å². The number of methoxy groups -OCH3 is 1. The van der Waals surface area contributed by atoms with Gasteiger partial charge in [-0.2, -0.15) is 0 Å². The van der Waals surface area contributed by atoms with Crippen LogP contribution in [0, 0.1) is 0 Å². The molecule has 2 aromatic heterocycles. The highest BCUT2D eigenvalue weighted by atomic mass is 35.5. The maximum Gasteiger partial charge on any atom is 0.410 e. The van der Waals surface area contributed by atoms with Gasteiger partial charge in [0.2, 0.25) is 0 Å². The number of halogens is 1. The van der Waals surface area contributed by atoms with Crippen molar-refractivity contribution < 1.29 is 33.7 Å². The third-order valence-electron chi connectivity index (χ3n) is 7.56. The quantitative estimate of drug-likeness (QED) is 0.176. The van der Waals surface area contributed by atoms with Crippen LogP contribution in [0.4, 0.5) is 15.4 Å². The number of hydrogen-bond donors (Lipinski definition) is 3. The molecule has 2 amide bonds. The first kappa shape index (κ1) is 40.2. The molecule has 0 bridgehead atoms. The summed E-state index contributed by atoms with van der Waals surface area (Å²) in [6, 6.07) is 6.24. The average Bonchev–Trinajstić information content (AvgIpc) is 3.43. The van der Waals surface area contributed by atoms with Gasteiger partial charge in [0.15, 0.2) is 11.5 Å². The topological polar surface area (TPSA) is 187 Å². The molecule has 0 saturated carbocycles. The predicted molar refractivity (Wildman–Crippen MR) is 190 cm³/mol. The molecule has 2 atom stereocenters. The van der Waals surface area contributed by atoms with Crippen molar-refractivity contribution in [2.45, 2.75) is 90.7 Å². The zero-order valence-electron chi connectivity index (χ0n) is 30.0. The highest BCUT2D eigenvalue weighted by molar-refractivity contribution is 6.30. The number of carboxylic acid groups (broad SMARTS) is 1. The summed E-state index contributed by atoms with van der Waals surface area (Å²) in [7, 11) is 1.61. The number of carbonyl (C=O) groups excluding carboxylic acids is 2. The number of rotatable bonds is 17. The Kier molecular flexibility index (Phi) is 14.6. The minimum atomic E-state index is -1.21. The van der Waals surface area contributed by atoms with E-state index in [1.54, 1.807) is 51.2 Å². The zero-order valence-corrected chi connectivity index (χ0v) is 30.8. The number of nitrogens with two attached hydrogens (primary N) is 1. The standard InChI is InChI=1S/C34H51ClN8O7/c1-33(2,3)49-31(46)40-26(30(44)45)14-15-41(20-25(48-7)13-17-43-22-39-27-28(36)37-21-38-29(27)43)18-19-42(32(47)50-34(4,5)6)16-12-23-8-10-24(35)11-9-23/h8-11,21-22,25-26H,12-20H2,1-7H3,(H,40,46)(H,44,45)(H2,36,37,38)/t25?,26-/m0/s1. The second kappa shape index (κ2) is 18.2. The molecule has 1 unspecified atom stereocenters. The van der Waals surface area contributed by atoms with Crippen molar-refractivity contribution in [3.05, 3.63) is 47.5 Å². The van der Waals surface area contributed by atoms with E-state index in [1.807, 2.05) is 42.4 Å². The van der Waals surface area contributed by atoms with Crippen LogP contribution in [0.2, 0.25) is 5.02 Å². The number of alkyl carbamates (subject to hydrolysis) is 1. The van der Waals surface area contributed by atoms with E-state index < -0.39 is 35.4 Å². The molecule has 50 heavy (non-hydrogen) atoms. The number of hydrogen-bond acceptors (Lipinski definition) is 11. The van der Waals surface area contributed by atoms with E-state index in [9.17, 15) is 19.5 Å². The highest BCUT2D eigenvalue weighted by Crippen LogP contribution is 2.17. The smallest absolute Gasteiger partial charge is 0.410 e. The van der Waals surface area contributed by atoms with Crippen LogP contribution in [-0.2, 0) is 32.0 Å². The number of carboxylic acids is 1. The van der Waals surface area contributed by atoms with Gasteiger partial charge in [-0.25, -0.2) is 29.3 Å². The van der Waals surface area contributed by atoms with Gasteiger partial charge in [-0.15, -0.1) is 0 Å². The second-order valence-corrected chi connectivity index (χ2v) is 14.4. The third kappa shape index (κ3) is 13.6. The molecule has 1 aromatic carbocycles. The highest BCUT2D eigenvalue weighted by Gasteiger charge is 2.27. The maximum atomic E-state index is 13.4. The van der Waals surface area contributed by atoms with E-state index in [1.165, 1.54) is 6.33 Å². The fraction of sp³-hybridized carbons (Fsp3) is 0.588. The van der Waals surface area contributed by atoms with E-state index in [4.69, 9.17) is 31.5 Å². The van der Waals surface area contributed by atoms with Crippen molar-refractivity contribution in [1.29, 1.82) is 0 Å². The molecule has 0 aliphatic carbocycles. The number of carbonyl (C=O) groups is 3. The molecule has 15 nitrogen and oxygen atoms in total. The maximum absolute atomic E-state index is 13.4. The van der Waals surface area contributed by atoms with Gasteiger partial charge in [0.05, 0.1) is 12.4 Å². The summed E-state index contributed by atoms with van der Waals surface area (Å²) in [5.74, 6) is -0.896. The Hall–Kier alpha value is -4.21. The molecule has 0 aliphatic rings. The number of aliphatic carboxylic acids is 1. The summed E-state index contributed by atoms with van der Waals surface area (Å²) in [5, 5.41) is 13.0. The first-order chi connectivity index (χ1) is 23.4. The lowest BCUT2D eigenvalue weighted by atomic mass is 10.1. The fourth-order valence-electron chi connectivity index (χ4n) is 5.03. The van der Waals surface area contributed by atoms with Crippen LogP contribution >= 0.6 is 11.6 Å². The molecule has 2 heterocycles. The number of anilines is 1. The number of imidazole rings is 1. The molecule has 0 aliphatic heterocycles. The van der Waals surface area contributed by atoms with Crippen LogP contribution in [0.25, 0.3) is 11.2 Å². The van der Waals surface area contributed by atoms with E-state index in [0.717, 1.165) is 5.56 Å². The van der Waals surface area contributed by atoms with Crippen LogP contribution in [-0.4, -0.2) is 116 Å². The zero-order chi connectivity index (χ0) is 37.1. The molecular weight excluding hydrogens is 668 g/mol. The Labute approximate surface area is 298 Å². The van der Waals surface area contributed by atoms with Gasteiger partial charge in [0, 0.05) is 51.4 Å². The first-order valence-corrected chi connectivity index (χ1v) is 16.9. The van der Waals surface area contributed by atoms with Crippen LogP contribution < -0.4 is 11.1 Å². The molecule has 16 heteroatoms. The van der Waals surface area contributed by atoms with E-state index in [-0.39, 0.29) is 19.1 Å². The lowest BCUT2D eigenvalue weighted by molar-refractivity contribution is -0.139. The van der Waals surface area contributed by atoms with Gasteiger partial charge >= 0.3 is 18.2 Å². The molecule has 276 valence electrons. The summed E-state index contributed by atoms with van der Waals surface area (Å²) in [5.41, 5.74) is 6.59. The Morgan fingerprint density at radius 1 is 0.960 bits per heavy atom. The number of nitrogens with one attached hydrogen (secondary N) is 1. The minimum absolute atomic E-state index is 0.0740. The number of nitrogens with zero attached hydrogens (tertiary/aromatic N) is 6. The normalized spacial score (nSPS) is 13.2. The van der Waals surface area contributed by atoms with Crippen LogP contribution in [0.5, 0.6) is 0 Å². The predicted octanol–water partition coefficient (Wildman–Crippen LogP) is 4.62. The largest absolute Gasteiger partial charge is 0.480 e. The number of aromatic nitrogens is 4. The Morgan fingerprint density at radius 2 is 1.64 bits per heavy atom. The van der Waals surface area contributed by atoms with Crippen molar-refractivity contribution in [2.24, 2.45) is 0 Å². The number of aryl methyl sites for hydroxylation is 1. The molecule has 3 aromatic rings. The second-order valence-electron chi connectivity index (χ2n) is 14.0. The molecule has 4 N–H and O–H groups in total. The number of amides is 2. The lowest BCUT2D eigenvalue weighted by Gasteiger charge is -2.32. The van der Waals surface area contributed by atoms with Gasteiger partial charge in [-0.05, 0) is 78.5 Å². The molecule has 0 spiro atoms. The monoisotopic (exact) mass is 718 g/mol. The van der Waals surface area contributed by atoms with Gasteiger partial charge in [0.25, 0.3) is 0 Å². The van der Waals surface area contributed by atoms with E-state index in [2.05, 4.69) is 20.3 Å². The molecular formula is C34H51ClN8O7. The SMILES string of the molecule is COC(CCn1cnc2c(N)ncnc21)CN(CC[C@H](NC(=O)OC(C)(C)C)C(=O)O)CCN(CCc1ccc(Cl)cc1)C(=O)OC(C)(C)C. The number of fused-ring (bicyclic) bond motifs is 1.